The third kappa shape index (κ3) is 5.30. The number of nitrogens with zero attached hydrogens (tertiary/aromatic N) is 5. The first-order chi connectivity index (χ1) is 19.7. The van der Waals surface area contributed by atoms with Crippen LogP contribution < -0.4 is 5.32 Å². The van der Waals surface area contributed by atoms with Gasteiger partial charge >= 0.3 is 6.18 Å². The van der Waals surface area contributed by atoms with Crippen molar-refractivity contribution in [1.82, 2.24) is 30.0 Å². The largest absolute Gasteiger partial charge is 0.435 e. The molecule has 1 aliphatic rings. The molecule has 1 fully saturated rings. The van der Waals surface area contributed by atoms with Crippen molar-refractivity contribution >= 4 is 17.0 Å². The maximum absolute atomic E-state index is 14.2. The van der Waals surface area contributed by atoms with E-state index in [1.165, 1.54) is 24.5 Å². The number of aryl methyl sites for hydroxylation is 1. The number of alkyl halides is 3. The van der Waals surface area contributed by atoms with E-state index in [4.69, 9.17) is 4.42 Å². The standard InChI is InChI=1S/C29H24F4N6O2/c1-38-16-35-37-27(38)22-13-20(30)6-7-21(22)18-4-2-5-19(12-18)28-36-24-11-17(10-23(26(24)41-28)29(31,32)33)14-34-15-25(40)39-8-3-9-39/h2,4-7,10-13,16,34H,3,8-9,14-15H2,1H3. The van der Waals surface area contributed by atoms with Gasteiger partial charge in [0.05, 0.1) is 6.54 Å². The minimum absolute atomic E-state index is 0.00717. The molecule has 8 nitrogen and oxygen atoms in total. The van der Waals surface area contributed by atoms with Crippen LogP contribution in [0.15, 0.2) is 65.3 Å². The Balaban J connectivity index is 1.35. The van der Waals surface area contributed by atoms with Crippen LogP contribution in [0.2, 0.25) is 0 Å². The van der Waals surface area contributed by atoms with Gasteiger partial charge in [0.15, 0.2) is 11.4 Å². The van der Waals surface area contributed by atoms with Gasteiger partial charge in [0.25, 0.3) is 0 Å². The molecule has 210 valence electrons. The summed E-state index contributed by atoms with van der Waals surface area (Å²) in [5, 5.41) is 10.9. The Labute approximate surface area is 231 Å². The zero-order chi connectivity index (χ0) is 28.7. The third-order valence-corrected chi connectivity index (χ3v) is 7.02. The van der Waals surface area contributed by atoms with E-state index in [0.717, 1.165) is 12.5 Å². The number of carbonyl (C=O) groups excluding carboxylic acids is 1. The van der Waals surface area contributed by atoms with E-state index in [0.29, 0.717) is 46.7 Å². The Kier molecular flexibility index (Phi) is 6.78. The summed E-state index contributed by atoms with van der Waals surface area (Å²) in [5.41, 5.74) is 1.32. The maximum Gasteiger partial charge on any atom is 0.420 e. The highest BCUT2D eigenvalue weighted by molar-refractivity contribution is 5.84. The number of aromatic nitrogens is 4. The van der Waals surface area contributed by atoms with Crippen LogP contribution in [0.1, 0.15) is 17.5 Å². The summed E-state index contributed by atoms with van der Waals surface area (Å²) in [7, 11) is 1.74. The highest BCUT2D eigenvalue weighted by Crippen LogP contribution is 2.39. The second-order valence-electron chi connectivity index (χ2n) is 9.88. The summed E-state index contributed by atoms with van der Waals surface area (Å²) in [4.78, 5) is 18.2. The Morgan fingerprint density at radius 2 is 1.85 bits per heavy atom. The molecule has 1 aliphatic heterocycles. The Morgan fingerprint density at radius 1 is 1.05 bits per heavy atom. The molecule has 1 N–H and O–H groups in total. The van der Waals surface area contributed by atoms with Gasteiger partial charge in [-0.2, -0.15) is 13.2 Å². The number of benzene rings is 3. The predicted octanol–water partition coefficient (Wildman–Crippen LogP) is 5.44. The van der Waals surface area contributed by atoms with Gasteiger partial charge in [0.2, 0.25) is 11.8 Å². The topological polar surface area (TPSA) is 89.1 Å². The Morgan fingerprint density at radius 3 is 2.56 bits per heavy atom. The van der Waals surface area contributed by atoms with E-state index in [2.05, 4.69) is 20.5 Å². The molecule has 2 aromatic heterocycles. The van der Waals surface area contributed by atoms with Gasteiger partial charge in [0, 0.05) is 37.8 Å². The van der Waals surface area contributed by atoms with Crippen molar-refractivity contribution < 1.29 is 26.8 Å². The fourth-order valence-electron chi connectivity index (χ4n) is 4.82. The molecular formula is C29H24F4N6O2. The number of nitrogens with one attached hydrogen (secondary N) is 1. The molecule has 6 rings (SSSR count). The molecule has 0 radical (unpaired) electrons. The Bertz CT molecular complexity index is 1760. The minimum atomic E-state index is -4.68. The number of hydrogen-bond acceptors (Lipinski definition) is 6. The summed E-state index contributed by atoms with van der Waals surface area (Å²) >= 11 is 0. The van der Waals surface area contributed by atoms with Crippen molar-refractivity contribution in [2.45, 2.75) is 19.1 Å². The predicted molar refractivity (Wildman–Crippen MR) is 143 cm³/mol. The lowest BCUT2D eigenvalue weighted by atomic mass is 9.97. The number of rotatable bonds is 7. The van der Waals surface area contributed by atoms with Gasteiger partial charge in [-0.3, -0.25) is 4.79 Å². The van der Waals surface area contributed by atoms with E-state index in [9.17, 15) is 22.4 Å². The van der Waals surface area contributed by atoms with Crippen LogP contribution >= 0.6 is 0 Å². The summed E-state index contributed by atoms with van der Waals surface area (Å²) in [5.74, 6) is -0.0701. The van der Waals surface area contributed by atoms with Crippen LogP contribution in [0.5, 0.6) is 0 Å². The van der Waals surface area contributed by atoms with Crippen molar-refractivity contribution in [2.24, 2.45) is 7.05 Å². The van der Waals surface area contributed by atoms with Crippen LogP contribution in [0, 0.1) is 5.82 Å². The number of fused-ring (bicyclic) bond motifs is 1. The lowest BCUT2D eigenvalue weighted by Gasteiger charge is -2.30. The van der Waals surface area contributed by atoms with Crippen molar-refractivity contribution in [3.63, 3.8) is 0 Å². The van der Waals surface area contributed by atoms with E-state index < -0.39 is 17.6 Å². The van der Waals surface area contributed by atoms with Crippen LogP contribution in [0.3, 0.4) is 0 Å². The summed E-state index contributed by atoms with van der Waals surface area (Å²) in [6, 6.07) is 13.7. The second-order valence-corrected chi connectivity index (χ2v) is 9.88. The number of halogens is 4. The van der Waals surface area contributed by atoms with Crippen LogP contribution in [-0.2, 0) is 24.6 Å². The van der Waals surface area contributed by atoms with Crippen molar-refractivity contribution in [3.05, 3.63) is 77.9 Å². The smallest absolute Gasteiger partial charge is 0.420 e. The molecule has 12 heteroatoms. The van der Waals surface area contributed by atoms with Crippen molar-refractivity contribution in [1.29, 1.82) is 0 Å². The minimum Gasteiger partial charge on any atom is -0.435 e. The zero-order valence-corrected chi connectivity index (χ0v) is 21.9. The maximum atomic E-state index is 14.2. The van der Waals surface area contributed by atoms with Gasteiger partial charge in [-0.05, 0) is 59.5 Å². The first-order valence-corrected chi connectivity index (χ1v) is 12.9. The molecule has 0 bridgehead atoms. The molecule has 1 saturated heterocycles. The monoisotopic (exact) mass is 564 g/mol. The van der Waals surface area contributed by atoms with Crippen LogP contribution in [-0.4, -0.2) is 50.2 Å². The summed E-state index contributed by atoms with van der Waals surface area (Å²) in [6.45, 7) is 1.51. The van der Waals surface area contributed by atoms with E-state index in [-0.39, 0.29) is 36.0 Å². The molecule has 0 aliphatic carbocycles. The molecule has 0 atom stereocenters. The van der Waals surface area contributed by atoms with Gasteiger partial charge < -0.3 is 19.2 Å². The molecule has 0 saturated carbocycles. The molecule has 0 spiro atoms. The number of amides is 1. The van der Waals surface area contributed by atoms with Gasteiger partial charge in [0.1, 0.15) is 23.2 Å². The molecule has 1 amide bonds. The highest BCUT2D eigenvalue weighted by Gasteiger charge is 2.35. The second kappa shape index (κ2) is 10.4. The molecule has 3 heterocycles. The third-order valence-electron chi connectivity index (χ3n) is 7.02. The molecule has 3 aromatic carbocycles. The van der Waals surface area contributed by atoms with Gasteiger partial charge in [-0.15, -0.1) is 10.2 Å². The number of oxazole rings is 1. The molecule has 5 aromatic rings. The number of carbonyl (C=O) groups is 1. The normalized spacial score (nSPS) is 13.5. The summed E-state index contributed by atoms with van der Waals surface area (Å²) in [6.07, 6.45) is -2.22. The number of likely N-dealkylation sites (tertiary alicyclic amines) is 1. The molecule has 41 heavy (non-hydrogen) atoms. The Hall–Kier alpha value is -4.58. The average molecular weight is 565 g/mol. The van der Waals surface area contributed by atoms with E-state index in [1.54, 1.807) is 46.8 Å². The highest BCUT2D eigenvalue weighted by atomic mass is 19.4. The first kappa shape index (κ1) is 26.6. The van der Waals surface area contributed by atoms with Gasteiger partial charge in [-0.1, -0.05) is 18.2 Å². The zero-order valence-electron chi connectivity index (χ0n) is 21.9. The lowest BCUT2D eigenvalue weighted by Crippen LogP contribution is -2.46. The van der Waals surface area contributed by atoms with Crippen molar-refractivity contribution in [3.8, 4) is 34.0 Å². The van der Waals surface area contributed by atoms with Gasteiger partial charge in [-0.25, -0.2) is 9.37 Å². The average Bonchev–Trinajstić information content (AvgIpc) is 3.53. The first-order valence-electron chi connectivity index (χ1n) is 12.9. The van der Waals surface area contributed by atoms with Crippen LogP contribution in [0.4, 0.5) is 17.6 Å². The molecular weight excluding hydrogens is 540 g/mol. The van der Waals surface area contributed by atoms with E-state index in [1.807, 2.05) is 0 Å². The lowest BCUT2D eigenvalue weighted by molar-refractivity contribution is -0.137. The van der Waals surface area contributed by atoms with Crippen molar-refractivity contribution in [2.75, 3.05) is 19.6 Å². The SMILES string of the molecule is Cn1cnnc1-c1cc(F)ccc1-c1cccc(-c2nc3cc(CNCC(=O)N4CCC4)cc(C(F)(F)F)c3o2)c1. The summed E-state index contributed by atoms with van der Waals surface area (Å²) < 4.78 is 63.7. The van der Waals surface area contributed by atoms with Crippen LogP contribution in [0.25, 0.3) is 45.1 Å². The number of hydrogen-bond donors (Lipinski definition) is 1. The van der Waals surface area contributed by atoms with E-state index >= 15 is 0 Å². The fraction of sp³-hybridized carbons (Fsp3) is 0.241. The molecule has 0 unspecified atom stereocenters. The fourth-order valence-corrected chi connectivity index (χ4v) is 4.82. The quantitative estimate of drug-likeness (QED) is 0.265.